The molecule has 0 bridgehead atoms. The summed E-state index contributed by atoms with van der Waals surface area (Å²) in [6.45, 7) is 59.9. The molecule has 24 nitrogen and oxygen atoms in total. The van der Waals surface area contributed by atoms with E-state index in [9.17, 15) is 9.59 Å². The number of carbonyl (C=O) groups is 2. The lowest BCUT2D eigenvalue weighted by atomic mass is 10.0. The van der Waals surface area contributed by atoms with Gasteiger partial charge >= 0.3 is 81.8 Å². The van der Waals surface area contributed by atoms with Crippen LogP contribution in [0.3, 0.4) is 0 Å². The largest absolute Gasteiger partial charge is 0.481 e. The molecule has 0 amide bonds. The maximum Gasteiger partial charge on any atom is 0.373 e. The van der Waals surface area contributed by atoms with E-state index in [0.717, 1.165) is 119 Å². The number of nitrogens with two attached hydrogens (primary N) is 2. The fourth-order valence-electron chi connectivity index (χ4n) is 11.9. The Morgan fingerprint density at radius 2 is 0.512 bits per heavy atom. The molecular formula is C90H244N2O22Si11. The lowest BCUT2D eigenvalue weighted by Gasteiger charge is -2.40. The summed E-state index contributed by atoms with van der Waals surface area (Å²) in [5.41, 5.74) is 11.2. The van der Waals surface area contributed by atoms with Gasteiger partial charge < -0.3 is 73.2 Å². The van der Waals surface area contributed by atoms with Crippen LogP contribution in [0.15, 0.2) is 0 Å². The lowest BCUT2D eigenvalue weighted by Crippen LogP contribution is -2.55. The Bertz CT molecular complexity index is 2150. The van der Waals surface area contributed by atoms with Gasteiger partial charge in [-0.3, -0.25) is 9.59 Å². The highest BCUT2D eigenvalue weighted by molar-refractivity contribution is 6.87. The zero-order valence-electron chi connectivity index (χ0n) is 72.9. The minimum atomic E-state index is -2.41. The van der Waals surface area contributed by atoms with Crippen molar-refractivity contribution in [2.24, 2.45) is 29.2 Å². The van der Waals surface area contributed by atoms with Crippen LogP contribution in [0, 0.1) is 17.8 Å². The molecule has 35 heteroatoms. The summed E-state index contributed by atoms with van der Waals surface area (Å²) in [4.78, 5) is 70.6. The zero-order chi connectivity index (χ0) is 83.9. The molecule has 0 aromatic heterocycles. The summed E-state index contributed by atoms with van der Waals surface area (Å²) in [6.07, 6.45) is 19.0. The summed E-state index contributed by atoms with van der Waals surface area (Å²) in [5.74, 6) is -1.23. The summed E-state index contributed by atoms with van der Waals surface area (Å²) in [6, 6.07) is 10.6. The van der Waals surface area contributed by atoms with Gasteiger partial charge in [0.2, 0.25) is 0 Å². The second-order valence-corrected chi connectivity index (χ2v) is 75.6. The molecule has 0 aromatic carbocycles. The van der Waals surface area contributed by atoms with Gasteiger partial charge in [0.15, 0.2) is 41.6 Å². The second-order valence-electron chi connectivity index (χ2n) is 31.7. The van der Waals surface area contributed by atoms with Gasteiger partial charge in [-0.15, -0.1) is 0 Å². The minimum Gasteiger partial charge on any atom is -0.481 e. The number of carboxylic acids is 2. The number of hydrogen-bond acceptors (Lipinski definition) is 22. The lowest BCUT2D eigenvalue weighted by molar-refractivity contribution is -0.193. The Balaban J connectivity index is -0.0000000343. The number of ether oxygens (including phenoxy) is 1. The Morgan fingerprint density at radius 1 is 0.280 bits per heavy atom. The molecule has 0 aliphatic rings. The van der Waals surface area contributed by atoms with E-state index in [2.05, 4.69) is 160 Å². The molecule has 6 N–H and O–H groups in total. The van der Waals surface area contributed by atoms with Crippen LogP contribution in [0.25, 0.3) is 0 Å². The number of aliphatic carboxylic acids is 2. The van der Waals surface area contributed by atoms with Crippen molar-refractivity contribution in [2.45, 2.75) is 492 Å². The first-order chi connectivity index (χ1) is 48.3. The van der Waals surface area contributed by atoms with Gasteiger partial charge in [-0.25, -0.2) is 0 Å². The molecule has 0 saturated heterocycles. The van der Waals surface area contributed by atoms with Crippen molar-refractivity contribution in [3.63, 3.8) is 0 Å². The predicted octanol–water partition coefficient (Wildman–Crippen LogP) is 31.1. The van der Waals surface area contributed by atoms with Gasteiger partial charge in [0.05, 0.1) is 11.8 Å². The van der Waals surface area contributed by atoms with Gasteiger partial charge in [0, 0.05) is 48.8 Å². The van der Waals surface area contributed by atoms with E-state index in [1.54, 1.807) is 42.3 Å². The van der Waals surface area contributed by atoms with E-state index in [1.807, 2.05) is 7.11 Å². The highest BCUT2D eigenvalue weighted by Gasteiger charge is 2.45. The van der Waals surface area contributed by atoms with Crippen molar-refractivity contribution in [1.29, 1.82) is 0 Å². The van der Waals surface area contributed by atoms with E-state index in [-0.39, 0.29) is 179 Å². The fourth-order valence-corrected chi connectivity index (χ4v) is 56.9. The SMILES string of the molecule is C.C.C.C.C.C.C.C.C.C.C.C.C.C.C.C.C.C.C.C.CCCC(C)CCC[Si](C)(C)O[Si](C)(CCCN)OC.CCCC[Si](C)(OC)O[Si](C)(C)CCC.CCCOCCC[Si](C)(O[Si](C)(C)C)O[Si](C)(CCCC(C)C(=O)O)OC.CCC[Si](C)(C)O[Si](C)(CCCC(C)C(=O)O)OC.CCC[Si](C)(C)O[Si](C)(CCCN)OC.O=C=O.O=C=O.O=C=O. The topological polar surface area (TPSA) is 340 Å². The molecule has 9 unspecified atom stereocenters. The third-order valence-corrected chi connectivity index (χ3v) is 59.1. The third kappa shape index (κ3) is 131. The molecule has 125 heavy (non-hydrogen) atoms. The maximum absolute atomic E-state index is 11.0. The number of carboxylic acid groups (broad SMARTS) is 2. The molecule has 0 aromatic rings. The van der Waals surface area contributed by atoms with Crippen LogP contribution in [-0.4, -0.2) is 195 Å². The highest BCUT2D eigenvalue weighted by Crippen LogP contribution is 2.32. The van der Waals surface area contributed by atoms with Crippen molar-refractivity contribution >= 4 is 123 Å². The molecule has 0 fully saturated rings. The first-order valence-corrected chi connectivity index (χ1v) is 69.7. The van der Waals surface area contributed by atoms with E-state index >= 15 is 0 Å². The first kappa shape index (κ1) is 203. The smallest absolute Gasteiger partial charge is 0.373 e. The van der Waals surface area contributed by atoms with Crippen LogP contribution in [0.2, 0.25) is 172 Å². The molecule has 9 atom stereocenters. The van der Waals surface area contributed by atoms with E-state index in [4.69, 9.17) is 102 Å². The second kappa shape index (κ2) is 115. The van der Waals surface area contributed by atoms with Crippen molar-refractivity contribution < 1.29 is 100 Å². The molecule has 0 heterocycles. The monoisotopic (exact) mass is 2010 g/mol. The van der Waals surface area contributed by atoms with Crippen molar-refractivity contribution in [2.75, 3.05) is 61.9 Å². The molecule has 0 rings (SSSR count). The van der Waals surface area contributed by atoms with Crippen molar-refractivity contribution in [3.05, 3.63) is 0 Å². The number of carbonyl (C=O) groups excluding carboxylic acids is 6. The van der Waals surface area contributed by atoms with Gasteiger partial charge in [0.1, 0.15) is 0 Å². The van der Waals surface area contributed by atoms with Crippen LogP contribution in [0.5, 0.6) is 0 Å². The van der Waals surface area contributed by atoms with Gasteiger partial charge in [-0.1, -0.05) is 281 Å². The van der Waals surface area contributed by atoms with Crippen LogP contribution >= 0.6 is 0 Å². The summed E-state index contributed by atoms with van der Waals surface area (Å²) < 4.78 is 73.0. The van der Waals surface area contributed by atoms with Gasteiger partial charge in [-0.2, -0.15) is 28.8 Å². The molecule has 0 aliphatic carbocycles. The minimum absolute atomic E-state index is 0. The van der Waals surface area contributed by atoms with Crippen LogP contribution in [0.1, 0.15) is 320 Å². The normalized spacial score (nSPS) is 13.3. The molecular weight excluding hydrogens is 1770 g/mol. The Kier molecular flexibility index (Phi) is 188. The average Bonchev–Trinajstić information content (AvgIpc) is 0.802. The molecule has 0 radical (unpaired) electrons. The summed E-state index contributed by atoms with van der Waals surface area (Å²) in [5, 5.41) is 18.0. The maximum atomic E-state index is 11.0. The fraction of sp³-hybridized carbons (Fsp3) is 0.944. The zero-order valence-corrected chi connectivity index (χ0v) is 83.9. The highest BCUT2D eigenvalue weighted by atomic mass is 28.5. The third-order valence-electron chi connectivity index (χ3n) is 17.2. The van der Waals surface area contributed by atoms with Crippen LogP contribution < -0.4 is 11.5 Å². The van der Waals surface area contributed by atoms with Crippen molar-refractivity contribution in [3.8, 4) is 0 Å². The summed E-state index contributed by atoms with van der Waals surface area (Å²) in [7, 11) is -11.9. The van der Waals surface area contributed by atoms with Crippen LogP contribution in [0.4, 0.5) is 0 Å². The van der Waals surface area contributed by atoms with E-state index < -0.39 is 105 Å². The first-order valence-electron chi connectivity index (χ1n) is 38.7. The number of hydrogen-bond donors (Lipinski definition) is 4. The predicted molar refractivity (Wildman–Crippen MR) is 586 cm³/mol. The quantitative estimate of drug-likeness (QED) is 0.0325. The molecule has 0 saturated carbocycles. The van der Waals surface area contributed by atoms with Gasteiger partial charge in [0.25, 0.3) is 0 Å². The average molecular weight is 2020 g/mol. The van der Waals surface area contributed by atoms with E-state index in [0.29, 0.717) is 12.8 Å². The van der Waals surface area contributed by atoms with Crippen LogP contribution in [-0.2, 0) is 89.9 Å². The van der Waals surface area contributed by atoms with Crippen molar-refractivity contribution in [1.82, 2.24) is 0 Å². The molecule has 790 valence electrons. The Hall–Kier alpha value is -1.09. The Morgan fingerprint density at radius 3 is 0.728 bits per heavy atom. The standard InChI is InChI=1S/C18H42O6Si3.C15H37NO2Si2.C13H30O4Si2.C11H28O2Si2.C10H27NO2Si2.3CO2.20CH4/c1-9-13-22-14-11-16-27(8,23-25(4,5)6)24-26(7,21-3)15-10-12-17(2)18(19)20;1-7-10-15(2)11-8-13-19(4,5)18-20(6,17-3)14-9-12-16;1-7-10-18(4,5)17-19(6,16-3)11-8-9-12(2)13(14)15;1-7-9-11-15(6,12-3)13-14(4,5)10-8-2;1-6-9-14(3,4)13-15(5,12-2)10-7-8-11;3*2-1-3;;;;;;;;;;;;;;;;;;;;/h17H,9-16H2,1-8H3,(H,19,20);15H,7-14,16H2,1-6H3;12H,7-11H2,1-6H3,(H,14,15);7-11H2,1-6H3;6-11H2,1-5H3;;;;20*1H4. The number of unbranched alkanes of at least 4 members (excludes halogenated alkanes) is 1. The molecule has 0 aliphatic heterocycles. The Labute approximate surface area is 801 Å². The molecule has 0 spiro atoms. The number of rotatable bonds is 54. The summed E-state index contributed by atoms with van der Waals surface area (Å²) >= 11 is 0. The van der Waals surface area contributed by atoms with E-state index in [1.165, 1.54) is 69.5 Å². The van der Waals surface area contributed by atoms with Gasteiger partial charge in [-0.05, 0) is 229 Å².